The molecule has 2 aromatic rings. The van der Waals surface area contributed by atoms with E-state index in [4.69, 9.17) is 0 Å². The Kier molecular flexibility index (Phi) is 3.91. The van der Waals surface area contributed by atoms with E-state index < -0.39 is 0 Å². The largest absolute Gasteiger partial charge is 0.269 e. The van der Waals surface area contributed by atoms with Crippen LogP contribution in [-0.4, -0.2) is 4.92 Å². The van der Waals surface area contributed by atoms with Crippen LogP contribution in [0.4, 0.5) is 5.69 Å². The highest BCUT2D eigenvalue weighted by Crippen LogP contribution is 2.30. The maximum Gasteiger partial charge on any atom is 0.269 e. The number of alkyl halides is 1. The summed E-state index contributed by atoms with van der Waals surface area (Å²) >= 11 is 5.33. The summed E-state index contributed by atoms with van der Waals surface area (Å²) in [5.41, 5.74) is 1.22. The van der Waals surface area contributed by atoms with Crippen LogP contribution in [-0.2, 0) is 6.42 Å². The van der Waals surface area contributed by atoms with Crippen LogP contribution < -0.4 is 0 Å². The summed E-state index contributed by atoms with van der Waals surface area (Å²) in [6, 6.07) is 10.8. The zero-order chi connectivity index (χ0) is 12.3. The molecule has 0 aliphatic rings. The molecule has 0 saturated heterocycles. The Morgan fingerprint density at radius 2 is 2.00 bits per heavy atom. The lowest BCUT2D eigenvalue weighted by molar-refractivity contribution is -0.384. The van der Waals surface area contributed by atoms with Crippen molar-refractivity contribution in [2.24, 2.45) is 0 Å². The van der Waals surface area contributed by atoms with Gasteiger partial charge in [-0.05, 0) is 23.4 Å². The quantitative estimate of drug-likeness (QED) is 0.479. The summed E-state index contributed by atoms with van der Waals surface area (Å²) in [5, 5.41) is 12.6. The molecule has 1 aromatic carbocycles. The van der Waals surface area contributed by atoms with Gasteiger partial charge in [0.25, 0.3) is 5.69 Å². The van der Waals surface area contributed by atoms with Gasteiger partial charge in [0.2, 0.25) is 0 Å². The average Bonchev–Trinajstić information content (AvgIpc) is 2.83. The molecule has 1 heterocycles. The SMILES string of the molecule is O=[N+]([O-])c1ccc(CC(Br)c2cccs2)cc1. The van der Waals surface area contributed by atoms with Crippen LogP contribution in [0.2, 0.25) is 0 Å². The minimum Gasteiger partial charge on any atom is -0.258 e. The molecule has 0 saturated carbocycles. The number of nitro benzene ring substituents is 1. The molecule has 5 heteroatoms. The van der Waals surface area contributed by atoms with Gasteiger partial charge >= 0.3 is 0 Å². The van der Waals surface area contributed by atoms with Gasteiger partial charge in [-0.15, -0.1) is 11.3 Å². The second kappa shape index (κ2) is 5.42. The number of non-ortho nitro benzene ring substituents is 1. The highest BCUT2D eigenvalue weighted by atomic mass is 79.9. The van der Waals surface area contributed by atoms with E-state index in [0.29, 0.717) is 0 Å². The topological polar surface area (TPSA) is 43.1 Å². The Morgan fingerprint density at radius 1 is 1.29 bits per heavy atom. The molecule has 88 valence electrons. The minimum absolute atomic E-state index is 0.135. The molecular formula is C12H10BrNO2S. The second-order valence-electron chi connectivity index (χ2n) is 3.61. The van der Waals surface area contributed by atoms with Gasteiger partial charge in [0.1, 0.15) is 0 Å². The first-order valence-electron chi connectivity index (χ1n) is 5.07. The van der Waals surface area contributed by atoms with Crippen molar-refractivity contribution in [2.75, 3.05) is 0 Å². The van der Waals surface area contributed by atoms with Gasteiger partial charge in [0.05, 0.1) is 9.75 Å². The highest BCUT2D eigenvalue weighted by molar-refractivity contribution is 9.09. The maximum atomic E-state index is 10.5. The molecule has 1 atom stereocenters. The third-order valence-electron chi connectivity index (χ3n) is 2.41. The van der Waals surface area contributed by atoms with Gasteiger partial charge in [-0.25, -0.2) is 0 Å². The number of rotatable bonds is 4. The summed E-state index contributed by atoms with van der Waals surface area (Å²) in [6.07, 6.45) is 0.832. The Bertz CT molecular complexity index is 496. The van der Waals surface area contributed by atoms with Crippen LogP contribution in [0.5, 0.6) is 0 Å². The summed E-state index contributed by atoms with van der Waals surface area (Å²) < 4.78 is 0. The van der Waals surface area contributed by atoms with E-state index in [-0.39, 0.29) is 15.4 Å². The zero-order valence-electron chi connectivity index (χ0n) is 8.88. The van der Waals surface area contributed by atoms with Crippen molar-refractivity contribution < 1.29 is 4.92 Å². The normalized spacial score (nSPS) is 12.3. The lowest BCUT2D eigenvalue weighted by Crippen LogP contribution is -1.94. The third-order valence-corrected chi connectivity index (χ3v) is 4.52. The average molecular weight is 312 g/mol. The fraction of sp³-hybridized carbons (Fsp3) is 0.167. The fourth-order valence-electron chi connectivity index (χ4n) is 1.53. The zero-order valence-corrected chi connectivity index (χ0v) is 11.3. The van der Waals surface area contributed by atoms with Gasteiger partial charge < -0.3 is 0 Å². The van der Waals surface area contributed by atoms with Crippen molar-refractivity contribution in [1.29, 1.82) is 0 Å². The van der Waals surface area contributed by atoms with E-state index in [0.717, 1.165) is 12.0 Å². The molecule has 17 heavy (non-hydrogen) atoms. The van der Waals surface area contributed by atoms with Crippen LogP contribution in [0.3, 0.4) is 0 Å². The van der Waals surface area contributed by atoms with Crippen LogP contribution in [0.25, 0.3) is 0 Å². The number of benzene rings is 1. The lowest BCUT2D eigenvalue weighted by Gasteiger charge is -2.07. The van der Waals surface area contributed by atoms with Crippen LogP contribution >= 0.6 is 27.3 Å². The fourth-order valence-corrected chi connectivity index (χ4v) is 3.08. The molecule has 0 amide bonds. The Morgan fingerprint density at radius 3 is 2.53 bits per heavy atom. The first-order valence-corrected chi connectivity index (χ1v) is 6.87. The van der Waals surface area contributed by atoms with E-state index in [1.54, 1.807) is 35.6 Å². The summed E-state index contributed by atoms with van der Waals surface area (Å²) in [4.78, 5) is 11.7. The van der Waals surface area contributed by atoms with E-state index in [1.807, 2.05) is 11.4 Å². The molecule has 3 nitrogen and oxygen atoms in total. The predicted octanol–water partition coefficient (Wildman–Crippen LogP) is 4.34. The minimum atomic E-state index is -0.380. The monoisotopic (exact) mass is 311 g/mol. The van der Waals surface area contributed by atoms with Crippen molar-refractivity contribution in [2.45, 2.75) is 11.2 Å². The molecule has 0 aliphatic carbocycles. The first kappa shape index (κ1) is 12.3. The molecule has 0 bridgehead atoms. The molecular weight excluding hydrogens is 302 g/mol. The van der Waals surface area contributed by atoms with Crippen LogP contribution in [0.15, 0.2) is 41.8 Å². The molecule has 0 N–H and O–H groups in total. The summed E-state index contributed by atoms with van der Waals surface area (Å²) in [6.45, 7) is 0. The van der Waals surface area contributed by atoms with Crippen molar-refractivity contribution in [1.82, 2.24) is 0 Å². The van der Waals surface area contributed by atoms with Crippen molar-refractivity contribution in [3.05, 3.63) is 62.3 Å². The highest BCUT2D eigenvalue weighted by Gasteiger charge is 2.10. The van der Waals surface area contributed by atoms with Gasteiger partial charge in [-0.1, -0.05) is 34.1 Å². The molecule has 0 aliphatic heterocycles. The Hall–Kier alpha value is -1.20. The number of hydrogen-bond acceptors (Lipinski definition) is 3. The van der Waals surface area contributed by atoms with E-state index in [2.05, 4.69) is 22.0 Å². The molecule has 1 unspecified atom stereocenters. The molecule has 0 radical (unpaired) electrons. The van der Waals surface area contributed by atoms with Crippen LogP contribution in [0, 0.1) is 10.1 Å². The van der Waals surface area contributed by atoms with Gasteiger partial charge in [0.15, 0.2) is 0 Å². The standard InChI is InChI=1S/C12H10BrNO2S/c13-11(12-2-1-7-17-12)8-9-3-5-10(6-4-9)14(15)16/h1-7,11H,8H2. The van der Waals surface area contributed by atoms with Crippen molar-refractivity contribution in [3.63, 3.8) is 0 Å². The lowest BCUT2D eigenvalue weighted by atomic mass is 10.1. The third kappa shape index (κ3) is 3.14. The van der Waals surface area contributed by atoms with Gasteiger partial charge in [0, 0.05) is 17.0 Å². The Balaban J connectivity index is 2.06. The molecule has 1 aromatic heterocycles. The second-order valence-corrected chi connectivity index (χ2v) is 5.70. The summed E-state index contributed by atoms with van der Waals surface area (Å²) in [7, 11) is 0. The predicted molar refractivity (Wildman–Crippen MR) is 72.8 cm³/mol. The van der Waals surface area contributed by atoms with Crippen molar-refractivity contribution in [3.8, 4) is 0 Å². The number of halogens is 1. The van der Waals surface area contributed by atoms with E-state index in [9.17, 15) is 10.1 Å². The molecule has 0 spiro atoms. The van der Waals surface area contributed by atoms with Gasteiger partial charge in [-0.2, -0.15) is 0 Å². The number of hydrogen-bond donors (Lipinski definition) is 0. The molecule has 2 rings (SSSR count). The summed E-state index contributed by atoms with van der Waals surface area (Å²) in [5.74, 6) is 0. The Labute approximate surface area is 111 Å². The van der Waals surface area contributed by atoms with Crippen molar-refractivity contribution >= 4 is 33.0 Å². The molecule has 0 fully saturated rings. The number of nitrogens with zero attached hydrogens (tertiary/aromatic N) is 1. The number of nitro groups is 1. The smallest absolute Gasteiger partial charge is 0.258 e. The maximum absolute atomic E-state index is 10.5. The van der Waals surface area contributed by atoms with Gasteiger partial charge in [-0.3, -0.25) is 10.1 Å². The van der Waals surface area contributed by atoms with E-state index >= 15 is 0 Å². The van der Waals surface area contributed by atoms with Crippen LogP contribution in [0.1, 0.15) is 15.3 Å². The first-order chi connectivity index (χ1) is 8.16. The number of thiophene rings is 1. The van der Waals surface area contributed by atoms with E-state index in [1.165, 1.54) is 4.88 Å².